The summed E-state index contributed by atoms with van der Waals surface area (Å²) in [6.07, 6.45) is 17.4. The van der Waals surface area contributed by atoms with E-state index in [4.69, 9.17) is 49.9 Å². The second-order valence-electron chi connectivity index (χ2n) is 33.8. The molecule has 143 heavy (non-hydrogen) atoms. The van der Waals surface area contributed by atoms with Crippen molar-refractivity contribution in [3.63, 3.8) is 0 Å². The monoisotopic (exact) mass is 2140 g/mol. The average Bonchev–Trinajstić information content (AvgIpc) is 0.768. The van der Waals surface area contributed by atoms with E-state index in [1.54, 1.807) is 101 Å². The molecule has 5 aromatic carbocycles. The van der Waals surface area contributed by atoms with Gasteiger partial charge in [0.25, 0.3) is 36.5 Å². The van der Waals surface area contributed by atoms with Gasteiger partial charge in [0.15, 0.2) is 0 Å². The maximum Gasteiger partial charge on any atom is 1.00 e. The minimum Gasteiger partial charge on any atom is -0.850 e. The third-order valence-corrected chi connectivity index (χ3v) is 29.4. The zero-order valence-corrected chi connectivity index (χ0v) is 88.1. The number of hydrogen-bond acceptors (Lipinski definition) is 30. The molecule has 6 heterocycles. The van der Waals surface area contributed by atoms with E-state index in [1.807, 2.05) is 75.2 Å². The molecule has 0 amide bonds. The summed E-state index contributed by atoms with van der Waals surface area (Å²) in [4.78, 5) is 51.0. The quantitative estimate of drug-likeness (QED) is 0.0124. The molecule has 0 spiro atoms. The Hall–Kier alpha value is -10.2. The Balaban J connectivity index is 0.000000235. The van der Waals surface area contributed by atoms with E-state index in [1.165, 1.54) is 150 Å². The Morgan fingerprint density at radius 3 is 1.14 bits per heavy atom. The molecule has 768 valence electrons. The Kier molecular flexibility index (Phi) is 44.8. The number of aliphatic hydroxyl groups excluding tert-OH is 1. The van der Waals surface area contributed by atoms with Crippen molar-refractivity contribution in [2.75, 3.05) is 84.1 Å². The number of hydrogen-bond donors (Lipinski definition) is 3. The van der Waals surface area contributed by atoms with Crippen molar-refractivity contribution in [1.82, 2.24) is 59.6 Å². The average molecular weight is 2140 g/mol. The van der Waals surface area contributed by atoms with Crippen molar-refractivity contribution in [2.24, 2.45) is 0 Å². The third-order valence-electron chi connectivity index (χ3n) is 22.2. The first-order chi connectivity index (χ1) is 67.0. The standard InChI is InChI=1S/C33H36F3N5O5S2.C24H26F3N5O3S2.C18H17ClN4O4S.C15H20F3NOS.C4H9O.CH2O2.Na/c1-40(2)28-17-23(22-6-5-7-26(16-22)47-33(34,35)36)9-12-29(28)46-32-13-11-27(19-38-32)48(42,43)41(31-14-15-37-21-39-31)20-24-8-10-25(44-3)18-30(24)45-4;1-32(2)20-13-17(16-4-3-5-18(12-16)36-24(25,26)27)6-8-21(20)35-23-9-7-19(14-29-23)37(33,34)31-22-10-11-28-15-30-22;1-26-14-4-3-13(16(9-14)27-2)11-23(18-7-8-20-12-22-18)28(24,25)15-5-6-17(19)21-10-15;1-19(2)13-9-11(6-7-14(13)20)10-4-3-5-12(8-10)21-15(16,17)18;1-4(2,3)5;2-1-3;/h5-8,10-11,13-16,18-19,21,23,28-29H,9,12,17,20H2,1-4H3;3-5,7,9-12,14-15,17,20-21H,6,8,13H2,1-2H3,(H,28,30,31);3-10,12H,11H2,1-2H3;3-5,8,11,13-14,20H,6-7,9H2,1-2H3;1-3H3;1H,(H,2,3);/q;;;;-1;;+1/t23-,28-,29-;17-,20-,21-;;11-,13-,14-;;;/m00.0.../s1. The summed E-state index contributed by atoms with van der Waals surface area (Å²) in [7, 11) is 5.63. The van der Waals surface area contributed by atoms with Crippen LogP contribution in [0, 0.1) is 0 Å². The van der Waals surface area contributed by atoms with Gasteiger partial charge in [-0.3, -0.25) is 9.52 Å². The van der Waals surface area contributed by atoms with Gasteiger partial charge in [0.1, 0.15) is 91.5 Å². The first kappa shape index (κ1) is 118. The van der Waals surface area contributed by atoms with Crippen LogP contribution < -0.4 is 76.4 Å². The molecule has 3 aliphatic carbocycles. The number of aromatic nitrogens is 9. The van der Waals surface area contributed by atoms with Gasteiger partial charge < -0.3 is 58.4 Å². The van der Waals surface area contributed by atoms with Crippen molar-refractivity contribution in [3.05, 3.63) is 253 Å². The molecule has 0 saturated heterocycles. The summed E-state index contributed by atoms with van der Waals surface area (Å²) < 4.78 is 233. The molecule has 3 fully saturated rings. The van der Waals surface area contributed by atoms with Crippen molar-refractivity contribution >= 4 is 101 Å². The fourth-order valence-corrected chi connectivity index (χ4v) is 21.2. The molecule has 6 aromatic heterocycles. The van der Waals surface area contributed by atoms with Crippen molar-refractivity contribution < 1.29 is 143 Å². The van der Waals surface area contributed by atoms with Crippen LogP contribution >= 0.6 is 46.9 Å². The largest absolute Gasteiger partial charge is 1.00 e. The number of alkyl halides is 9. The Labute approximate surface area is 865 Å². The van der Waals surface area contributed by atoms with Gasteiger partial charge in [0.2, 0.25) is 11.8 Å². The Bertz CT molecular complexity index is 6170. The molecule has 3 aliphatic rings. The van der Waals surface area contributed by atoms with Gasteiger partial charge in [-0.15, -0.1) is 5.60 Å². The van der Waals surface area contributed by atoms with Crippen LogP contribution in [-0.4, -0.2) is 231 Å². The van der Waals surface area contributed by atoms with Crippen molar-refractivity contribution in [1.29, 1.82) is 0 Å². The Morgan fingerprint density at radius 2 is 0.818 bits per heavy atom. The number of benzene rings is 5. The third kappa shape index (κ3) is 37.1. The van der Waals surface area contributed by atoms with Crippen molar-refractivity contribution in [2.45, 2.75) is 197 Å². The minimum absolute atomic E-state index is 0. The molecule has 0 bridgehead atoms. The van der Waals surface area contributed by atoms with Gasteiger partial charge in [-0.1, -0.05) is 68.8 Å². The van der Waals surface area contributed by atoms with Gasteiger partial charge in [0.05, 0.1) is 60.0 Å². The molecular weight excluding hydrogens is 2030 g/mol. The van der Waals surface area contributed by atoms with Crippen LogP contribution in [0.15, 0.2) is 249 Å². The van der Waals surface area contributed by atoms with Crippen molar-refractivity contribution in [3.8, 4) is 34.8 Å². The van der Waals surface area contributed by atoms with Crippen LogP contribution in [-0.2, 0) is 48.0 Å². The van der Waals surface area contributed by atoms with Crippen LogP contribution in [0.1, 0.15) is 124 Å². The summed E-state index contributed by atoms with van der Waals surface area (Å²) in [5.41, 5.74) is -9.79. The summed E-state index contributed by atoms with van der Waals surface area (Å²) in [5.74, 6) is 3.52. The van der Waals surface area contributed by atoms with Gasteiger partial charge >= 0.3 is 46.1 Å². The molecule has 0 aliphatic heterocycles. The van der Waals surface area contributed by atoms with Crippen LogP contribution in [0.2, 0.25) is 5.15 Å². The van der Waals surface area contributed by atoms with Gasteiger partial charge in [-0.05, 0) is 261 Å². The van der Waals surface area contributed by atoms with E-state index in [2.05, 4.69) is 49.6 Å². The van der Waals surface area contributed by atoms with E-state index in [0.717, 1.165) is 44.6 Å². The molecule has 9 atom stereocenters. The first-order valence-corrected chi connectivity index (χ1v) is 50.9. The van der Waals surface area contributed by atoms with Crippen LogP contribution in [0.5, 0.6) is 34.8 Å². The molecule has 0 unspecified atom stereocenters. The summed E-state index contributed by atoms with van der Waals surface area (Å²) in [6.45, 7) is 4.54. The number of rotatable bonds is 30. The maximum absolute atomic E-state index is 14.0. The molecule has 31 nitrogen and oxygen atoms in total. The number of aliphatic hydroxyl groups is 1. The number of nitrogens with one attached hydrogen (secondary N) is 1. The van der Waals surface area contributed by atoms with Crippen LogP contribution in [0.3, 0.4) is 0 Å². The van der Waals surface area contributed by atoms with Gasteiger partial charge in [-0.25, -0.2) is 78.7 Å². The zero-order valence-electron chi connectivity index (χ0n) is 80.4. The molecule has 3 saturated carbocycles. The molecule has 48 heteroatoms. The molecule has 0 radical (unpaired) electrons. The first-order valence-electron chi connectivity index (χ1n) is 43.7. The summed E-state index contributed by atoms with van der Waals surface area (Å²) in [5, 5.41) is 27.2. The summed E-state index contributed by atoms with van der Waals surface area (Å²) >= 11 is 5.50. The molecule has 11 aromatic rings. The second-order valence-corrected chi connectivity index (χ2v) is 43.0. The predicted octanol–water partition coefficient (Wildman–Crippen LogP) is 15.1. The SMILES string of the molecule is CC(C)(C)[O-].CN(C)[C@H]1C[C@@H](c2cccc(SC(F)(F)F)c2)CC[C@@H]1O.CN(C)[C@H]1C[C@@H](c2cccc(SC(F)(F)F)c2)CC[C@@H]1Oc1ccc(S(=O)(=O)Nc2ccncn2)cn1.COc1ccc(CN(c2ccncn2)S(=O)(=O)c2ccc(Cl)nc2)c(OC)c1.COc1ccc(CN(c2ccncn2)S(=O)(=O)c2ccc(O[C@H]3CC[C@H](c4cccc(SC(F)(F)F)c4)C[C@@H]3N(C)C)nc2)c(OC)c1.O=CO.[Na+]. The van der Waals surface area contributed by atoms with Gasteiger partial charge in [-0.2, -0.15) is 39.5 Å². The normalized spacial score (nSPS) is 18.1. The zero-order chi connectivity index (χ0) is 104. The van der Waals surface area contributed by atoms with Crippen LogP contribution in [0.4, 0.5) is 57.0 Å². The minimum atomic E-state index is -4.35. The van der Waals surface area contributed by atoms with E-state index in [9.17, 15) is 75.0 Å². The number of anilines is 3. The smallest absolute Gasteiger partial charge is 0.850 e. The number of ether oxygens (including phenoxy) is 6. The van der Waals surface area contributed by atoms with E-state index < -0.39 is 52.2 Å². The predicted molar refractivity (Wildman–Crippen MR) is 521 cm³/mol. The summed E-state index contributed by atoms with van der Waals surface area (Å²) in [6, 6.07) is 43.3. The Morgan fingerprint density at radius 1 is 0.462 bits per heavy atom. The number of thioether (sulfide) groups is 3. The second kappa shape index (κ2) is 54.3. The van der Waals surface area contributed by atoms with Gasteiger partial charge in [0, 0.05) is 105 Å². The number of nitrogens with zero attached hydrogens (tertiary/aromatic N) is 14. The van der Waals surface area contributed by atoms with E-state index in [-0.39, 0.29) is 196 Å². The van der Waals surface area contributed by atoms with E-state index in [0.29, 0.717) is 78.5 Å². The number of likely N-dealkylation sites (N-methyl/N-ethyl adjacent to an activating group) is 3. The molecule has 14 rings (SSSR count). The number of carbonyl (C=O) groups is 1. The van der Waals surface area contributed by atoms with E-state index >= 15 is 0 Å². The molecular formula is C95H110ClF9N15NaO16S6. The number of halogens is 10. The fraction of sp³-hybridized carbons (Fsp3) is 0.389. The molecule has 3 N–H and O–H groups in total. The van der Waals surface area contributed by atoms with Crippen LogP contribution in [0.25, 0.3) is 0 Å². The number of sulfonamides is 3. The number of carboxylic acid groups (broad SMARTS) is 1. The number of pyridine rings is 3. The topological polar surface area (TPSA) is 383 Å². The number of methoxy groups -OCH3 is 4. The fourth-order valence-electron chi connectivity index (χ4n) is 15.6. The maximum atomic E-state index is 14.0.